The van der Waals surface area contributed by atoms with Crippen molar-refractivity contribution in [1.29, 1.82) is 0 Å². The van der Waals surface area contributed by atoms with Crippen LogP contribution in [0.2, 0.25) is 0 Å². The number of amides is 1. The fourth-order valence-corrected chi connectivity index (χ4v) is 5.51. The van der Waals surface area contributed by atoms with E-state index in [0.29, 0.717) is 34.7 Å². The van der Waals surface area contributed by atoms with Crippen molar-refractivity contribution in [2.45, 2.75) is 18.6 Å². The lowest BCUT2D eigenvalue weighted by Gasteiger charge is -2.23. The summed E-state index contributed by atoms with van der Waals surface area (Å²) in [6.07, 6.45) is 0. The number of carbonyl (C=O) groups excluding carboxylic acids is 1. The average Bonchev–Trinajstić information content (AvgIpc) is 3.61. The minimum Gasteiger partial charge on any atom is -0.493 e. The second-order valence-electron chi connectivity index (χ2n) is 9.03. The van der Waals surface area contributed by atoms with Gasteiger partial charge in [-0.05, 0) is 54.4 Å². The van der Waals surface area contributed by atoms with Crippen molar-refractivity contribution in [3.05, 3.63) is 77.9 Å². The molecule has 198 valence electrons. The van der Waals surface area contributed by atoms with Crippen molar-refractivity contribution < 1.29 is 23.7 Å². The molecule has 0 saturated carbocycles. The Labute approximate surface area is 229 Å². The zero-order valence-corrected chi connectivity index (χ0v) is 22.5. The molecule has 0 spiro atoms. The van der Waals surface area contributed by atoms with Crippen LogP contribution < -0.4 is 23.8 Å². The summed E-state index contributed by atoms with van der Waals surface area (Å²) in [7, 11) is 3.20. The van der Waals surface area contributed by atoms with E-state index in [1.165, 1.54) is 11.8 Å². The molecular weight excluding hydrogens is 516 g/mol. The van der Waals surface area contributed by atoms with Gasteiger partial charge in [-0.2, -0.15) is 0 Å². The van der Waals surface area contributed by atoms with E-state index in [1.807, 2.05) is 72.0 Å². The number of benzene rings is 3. The number of rotatable bonds is 8. The number of hydrogen-bond acceptors (Lipinski definition) is 8. The Bertz CT molecular complexity index is 1690. The maximum Gasteiger partial charge on any atom is 0.237 e. The SMILES string of the molecule is COc1ccc(CN(C(=O)CSc2nnc3c(C)cc4cc5c(cc4n23)OCO5)c2ccccc2)cc1OC. The van der Waals surface area contributed by atoms with E-state index >= 15 is 0 Å². The molecule has 0 N–H and O–H groups in total. The smallest absolute Gasteiger partial charge is 0.237 e. The maximum atomic E-state index is 13.7. The van der Waals surface area contributed by atoms with Crippen LogP contribution in [0.1, 0.15) is 11.1 Å². The minimum atomic E-state index is -0.0627. The van der Waals surface area contributed by atoms with Crippen molar-refractivity contribution in [3.63, 3.8) is 0 Å². The van der Waals surface area contributed by atoms with E-state index in [1.54, 1.807) is 19.1 Å². The quantitative estimate of drug-likeness (QED) is 0.245. The highest BCUT2D eigenvalue weighted by molar-refractivity contribution is 7.99. The van der Waals surface area contributed by atoms with Gasteiger partial charge in [-0.25, -0.2) is 0 Å². The van der Waals surface area contributed by atoms with Gasteiger partial charge in [0.15, 0.2) is 33.8 Å². The molecular formula is C29H26N4O5S. The number of fused-ring (bicyclic) bond motifs is 4. The maximum absolute atomic E-state index is 13.7. The van der Waals surface area contributed by atoms with Gasteiger partial charge in [0.25, 0.3) is 0 Å². The van der Waals surface area contributed by atoms with Crippen molar-refractivity contribution in [2.75, 3.05) is 31.7 Å². The number of aromatic nitrogens is 3. The van der Waals surface area contributed by atoms with E-state index in [4.69, 9.17) is 18.9 Å². The predicted molar refractivity (Wildman–Crippen MR) is 149 cm³/mol. The number of hydrogen-bond donors (Lipinski definition) is 0. The van der Waals surface area contributed by atoms with E-state index in [2.05, 4.69) is 16.3 Å². The van der Waals surface area contributed by atoms with Crippen LogP contribution in [0.4, 0.5) is 5.69 Å². The molecule has 39 heavy (non-hydrogen) atoms. The number of pyridine rings is 1. The van der Waals surface area contributed by atoms with Crippen LogP contribution in [0.15, 0.2) is 71.9 Å². The Morgan fingerprint density at radius 3 is 2.51 bits per heavy atom. The number of aryl methyl sites for hydroxylation is 1. The molecule has 10 heteroatoms. The first kappa shape index (κ1) is 24.9. The third-order valence-electron chi connectivity index (χ3n) is 6.60. The van der Waals surface area contributed by atoms with Gasteiger partial charge in [-0.3, -0.25) is 9.20 Å². The molecule has 3 heterocycles. The molecule has 5 aromatic rings. The molecule has 0 aliphatic carbocycles. The molecule has 0 atom stereocenters. The van der Waals surface area contributed by atoms with Crippen LogP contribution in [0.3, 0.4) is 0 Å². The van der Waals surface area contributed by atoms with Crippen LogP contribution in [-0.4, -0.2) is 47.3 Å². The summed E-state index contributed by atoms with van der Waals surface area (Å²) in [5.41, 5.74) is 4.33. The monoisotopic (exact) mass is 542 g/mol. The lowest BCUT2D eigenvalue weighted by Crippen LogP contribution is -2.32. The van der Waals surface area contributed by atoms with Crippen molar-refractivity contribution >= 4 is 39.9 Å². The average molecular weight is 543 g/mol. The Hall–Kier alpha value is -4.44. The minimum absolute atomic E-state index is 0.0627. The molecule has 1 aliphatic rings. The van der Waals surface area contributed by atoms with E-state index < -0.39 is 0 Å². The summed E-state index contributed by atoms with van der Waals surface area (Å²) >= 11 is 1.35. The summed E-state index contributed by atoms with van der Waals surface area (Å²) in [6.45, 7) is 2.56. The molecule has 0 fully saturated rings. The topological polar surface area (TPSA) is 87.4 Å². The molecule has 0 bridgehead atoms. The third-order valence-corrected chi connectivity index (χ3v) is 7.52. The van der Waals surface area contributed by atoms with Gasteiger partial charge in [0.05, 0.1) is 32.0 Å². The molecule has 0 radical (unpaired) electrons. The van der Waals surface area contributed by atoms with Gasteiger partial charge < -0.3 is 23.8 Å². The normalized spacial score (nSPS) is 12.2. The zero-order chi connectivity index (χ0) is 26.9. The summed E-state index contributed by atoms with van der Waals surface area (Å²) in [5, 5.41) is 10.5. The standard InChI is InChI=1S/C29H26N4O5S/c1-18-11-20-13-25-26(38-17-37-25)14-22(20)33-28(18)30-31-29(33)39-16-27(34)32(21-7-5-4-6-8-21)15-19-9-10-23(35-2)24(12-19)36-3/h4-14H,15-17H2,1-3H3. The Morgan fingerprint density at radius 2 is 1.74 bits per heavy atom. The highest BCUT2D eigenvalue weighted by Crippen LogP contribution is 2.38. The number of ether oxygens (including phenoxy) is 4. The van der Waals surface area contributed by atoms with Crippen LogP contribution >= 0.6 is 11.8 Å². The second-order valence-corrected chi connectivity index (χ2v) is 9.97. The zero-order valence-electron chi connectivity index (χ0n) is 21.7. The van der Waals surface area contributed by atoms with Crippen LogP contribution in [-0.2, 0) is 11.3 Å². The van der Waals surface area contributed by atoms with Crippen molar-refractivity contribution in [2.24, 2.45) is 0 Å². The molecule has 9 nitrogen and oxygen atoms in total. The molecule has 0 unspecified atom stereocenters. The van der Waals surface area contributed by atoms with Gasteiger partial charge in [0.1, 0.15) is 0 Å². The van der Waals surface area contributed by atoms with Gasteiger partial charge in [-0.15, -0.1) is 10.2 Å². The molecule has 0 saturated heterocycles. The molecule has 1 aliphatic heterocycles. The number of para-hydroxylation sites is 1. The van der Waals surface area contributed by atoms with E-state index in [-0.39, 0.29) is 18.5 Å². The molecule has 6 rings (SSSR count). The van der Waals surface area contributed by atoms with Gasteiger partial charge >= 0.3 is 0 Å². The van der Waals surface area contributed by atoms with Crippen LogP contribution in [0.25, 0.3) is 16.6 Å². The summed E-state index contributed by atoms with van der Waals surface area (Å²) < 4.78 is 24.0. The number of thioether (sulfide) groups is 1. The van der Waals surface area contributed by atoms with E-state index in [0.717, 1.165) is 33.4 Å². The van der Waals surface area contributed by atoms with Crippen molar-refractivity contribution in [1.82, 2.24) is 14.6 Å². The summed E-state index contributed by atoms with van der Waals surface area (Å²) in [4.78, 5) is 15.5. The van der Waals surface area contributed by atoms with Gasteiger partial charge in [0, 0.05) is 17.1 Å². The fourth-order valence-electron chi connectivity index (χ4n) is 4.69. The highest BCUT2D eigenvalue weighted by Gasteiger charge is 2.22. The number of carbonyl (C=O) groups is 1. The van der Waals surface area contributed by atoms with Gasteiger partial charge in [0.2, 0.25) is 12.7 Å². The second kappa shape index (κ2) is 10.4. The number of anilines is 1. The van der Waals surface area contributed by atoms with E-state index in [9.17, 15) is 4.79 Å². The summed E-state index contributed by atoms with van der Waals surface area (Å²) in [6, 6.07) is 21.2. The fraction of sp³-hybridized carbons (Fsp3) is 0.207. The summed E-state index contributed by atoms with van der Waals surface area (Å²) in [5.74, 6) is 2.75. The molecule has 1 amide bonds. The Kier molecular flexibility index (Phi) is 6.62. The number of nitrogens with zero attached hydrogens (tertiary/aromatic N) is 4. The third kappa shape index (κ3) is 4.67. The molecule has 2 aromatic heterocycles. The molecule has 3 aromatic carbocycles. The largest absolute Gasteiger partial charge is 0.493 e. The van der Waals surface area contributed by atoms with Gasteiger partial charge in [-0.1, -0.05) is 36.0 Å². The number of methoxy groups -OCH3 is 2. The van der Waals surface area contributed by atoms with Crippen LogP contribution in [0.5, 0.6) is 23.0 Å². The van der Waals surface area contributed by atoms with Crippen molar-refractivity contribution in [3.8, 4) is 23.0 Å². The first-order valence-electron chi connectivity index (χ1n) is 12.3. The van der Waals surface area contributed by atoms with Crippen LogP contribution in [0, 0.1) is 6.92 Å². The Morgan fingerprint density at radius 1 is 0.974 bits per heavy atom. The lowest BCUT2D eigenvalue weighted by atomic mass is 10.1. The lowest BCUT2D eigenvalue weighted by molar-refractivity contribution is -0.116. The Balaban J connectivity index is 1.31. The first-order valence-corrected chi connectivity index (χ1v) is 13.3. The highest BCUT2D eigenvalue weighted by atomic mass is 32.2. The first-order chi connectivity index (χ1) is 19.1. The predicted octanol–water partition coefficient (Wildman–Crippen LogP) is 5.26.